The molecule has 5 heteroatoms. The van der Waals surface area contributed by atoms with E-state index in [1.807, 2.05) is 0 Å². The van der Waals surface area contributed by atoms with E-state index >= 15 is 0 Å². The molecule has 0 aromatic rings. The van der Waals surface area contributed by atoms with E-state index in [1.54, 1.807) is 0 Å². The van der Waals surface area contributed by atoms with E-state index in [2.05, 4.69) is 9.64 Å². The van der Waals surface area contributed by atoms with Crippen LogP contribution in [0.1, 0.15) is 57.8 Å². The second-order valence-electron chi connectivity index (χ2n) is 6.43. The smallest absolute Gasteiger partial charge is 0.310 e. The van der Waals surface area contributed by atoms with Gasteiger partial charge in [0.1, 0.15) is 6.61 Å². The predicted molar refractivity (Wildman–Crippen MR) is 83.4 cm³/mol. The summed E-state index contributed by atoms with van der Waals surface area (Å²) in [5, 5.41) is 0. The molecule has 0 N–H and O–H groups in total. The maximum Gasteiger partial charge on any atom is 0.310 e. The third-order valence-corrected chi connectivity index (χ3v) is 4.90. The van der Waals surface area contributed by atoms with Crippen LogP contribution in [-0.2, 0) is 19.1 Å². The third-order valence-electron chi connectivity index (χ3n) is 4.90. The van der Waals surface area contributed by atoms with Gasteiger partial charge in [-0.2, -0.15) is 0 Å². The van der Waals surface area contributed by atoms with Gasteiger partial charge in [0.25, 0.3) is 0 Å². The summed E-state index contributed by atoms with van der Waals surface area (Å²) in [6.45, 7) is 2.82. The van der Waals surface area contributed by atoms with Gasteiger partial charge in [-0.1, -0.05) is 25.7 Å². The number of hydrogen-bond donors (Lipinski definition) is 0. The maximum absolute atomic E-state index is 11.9. The van der Waals surface area contributed by atoms with Crippen molar-refractivity contribution in [2.75, 3.05) is 26.8 Å². The number of carbonyl (C=O) groups excluding carboxylic acids is 2. The van der Waals surface area contributed by atoms with Gasteiger partial charge in [-0.3, -0.25) is 14.5 Å². The summed E-state index contributed by atoms with van der Waals surface area (Å²) in [5.41, 5.74) is 0. The van der Waals surface area contributed by atoms with Gasteiger partial charge in [-0.05, 0) is 38.8 Å². The molecule has 0 amide bonds. The number of hydrogen-bond acceptors (Lipinski definition) is 5. The number of unbranched alkanes of at least 4 members (excludes halogenated alkanes) is 4. The summed E-state index contributed by atoms with van der Waals surface area (Å²) in [6.07, 6.45) is 9.22. The Morgan fingerprint density at radius 3 is 2.59 bits per heavy atom. The number of rotatable bonds is 9. The van der Waals surface area contributed by atoms with Crippen molar-refractivity contribution >= 4 is 11.9 Å². The first-order valence-electron chi connectivity index (χ1n) is 8.70. The highest BCUT2D eigenvalue weighted by atomic mass is 16.5. The van der Waals surface area contributed by atoms with Crippen molar-refractivity contribution in [1.82, 2.24) is 4.90 Å². The second kappa shape index (κ2) is 9.13. The van der Waals surface area contributed by atoms with Crippen molar-refractivity contribution in [1.29, 1.82) is 0 Å². The van der Waals surface area contributed by atoms with E-state index in [-0.39, 0.29) is 17.9 Å². The first-order chi connectivity index (χ1) is 10.7. The van der Waals surface area contributed by atoms with Crippen LogP contribution < -0.4 is 0 Å². The number of nitrogens with zero attached hydrogens (tertiary/aromatic N) is 1. The van der Waals surface area contributed by atoms with E-state index in [9.17, 15) is 9.59 Å². The summed E-state index contributed by atoms with van der Waals surface area (Å²) < 4.78 is 9.92. The lowest BCUT2D eigenvalue weighted by Gasteiger charge is -2.25. The minimum absolute atomic E-state index is 0.00240. The normalized spacial score (nSPS) is 25.4. The molecule has 0 spiro atoms. The quantitative estimate of drug-likeness (QED) is 0.484. The number of carbonyl (C=O) groups is 2. The number of likely N-dealkylation sites (tertiary alicyclic amines) is 1. The lowest BCUT2D eigenvalue weighted by molar-refractivity contribution is -0.142. The van der Waals surface area contributed by atoms with Gasteiger partial charge in [0, 0.05) is 6.42 Å². The summed E-state index contributed by atoms with van der Waals surface area (Å²) in [4.78, 5) is 25.3. The van der Waals surface area contributed by atoms with Gasteiger partial charge in [0.15, 0.2) is 0 Å². The number of methoxy groups -OCH3 is 1. The van der Waals surface area contributed by atoms with Gasteiger partial charge >= 0.3 is 11.9 Å². The Labute approximate surface area is 133 Å². The summed E-state index contributed by atoms with van der Waals surface area (Å²) >= 11 is 0. The molecule has 2 heterocycles. The van der Waals surface area contributed by atoms with Gasteiger partial charge in [-0.25, -0.2) is 0 Å². The zero-order chi connectivity index (χ0) is 15.8. The second-order valence-corrected chi connectivity index (χ2v) is 6.43. The standard InChI is InChI=1S/C17H29NO4/c1-21-16(19)10-6-4-2-3-5-9-14-15(13-22-17(14)20)18-11-7-8-12-18/h14-15H,2-13H2,1H3. The highest BCUT2D eigenvalue weighted by molar-refractivity contribution is 5.75. The third kappa shape index (κ3) is 4.97. The molecule has 2 fully saturated rings. The average Bonchev–Trinajstić information content (AvgIpc) is 3.16. The van der Waals surface area contributed by atoms with Crippen molar-refractivity contribution in [3.05, 3.63) is 0 Å². The largest absolute Gasteiger partial charge is 0.469 e. The molecule has 0 bridgehead atoms. The molecule has 126 valence electrons. The first-order valence-corrected chi connectivity index (χ1v) is 8.70. The molecule has 0 aliphatic carbocycles. The van der Waals surface area contributed by atoms with E-state index in [1.165, 1.54) is 20.0 Å². The highest BCUT2D eigenvalue weighted by Gasteiger charge is 2.40. The molecule has 2 unspecified atom stereocenters. The van der Waals surface area contributed by atoms with Crippen LogP contribution >= 0.6 is 0 Å². The molecule has 2 rings (SSSR count). The fraction of sp³-hybridized carbons (Fsp3) is 0.882. The summed E-state index contributed by atoms with van der Waals surface area (Å²) in [6, 6.07) is 0.314. The van der Waals surface area contributed by atoms with Gasteiger partial charge in [-0.15, -0.1) is 0 Å². The van der Waals surface area contributed by atoms with Crippen molar-refractivity contribution in [3.8, 4) is 0 Å². The van der Waals surface area contributed by atoms with Crippen molar-refractivity contribution in [3.63, 3.8) is 0 Å². The van der Waals surface area contributed by atoms with Crippen molar-refractivity contribution in [2.45, 2.75) is 63.8 Å². The first kappa shape index (κ1) is 17.3. The molecule has 0 aromatic heterocycles. The fourth-order valence-corrected chi connectivity index (χ4v) is 3.56. The van der Waals surface area contributed by atoms with Crippen LogP contribution in [0.3, 0.4) is 0 Å². The highest BCUT2D eigenvalue weighted by Crippen LogP contribution is 2.28. The molecule has 0 aromatic carbocycles. The Bertz CT molecular complexity index is 366. The molecule has 2 aliphatic rings. The molecule has 2 aliphatic heterocycles. The molecular formula is C17H29NO4. The molecule has 0 radical (unpaired) electrons. The van der Waals surface area contributed by atoms with Crippen LogP contribution in [0.2, 0.25) is 0 Å². The SMILES string of the molecule is COC(=O)CCCCCCCC1C(=O)OCC1N1CCCC1. The Morgan fingerprint density at radius 2 is 1.86 bits per heavy atom. The van der Waals surface area contributed by atoms with Gasteiger partial charge < -0.3 is 9.47 Å². The van der Waals surface area contributed by atoms with Crippen molar-refractivity contribution < 1.29 is 19.1 Å². The van der Waals surface area contributed by atoms with E-state index < -0.39 is 0 Å². The topological polar surface area (TPSA) is 55.8 Å². The summed E-state index contributed by atoms with van der Waals surface area (Å²) in [7, 11) is 1.43. The average molecular weight is 311 g/mol. The molecule has 22 heavy (non-hydrogen) atoms. The lowest BCUT2D eigenvalue weighted by Crippen LogP contribution is -2.38. The van der Waals surface area contributed by atoms with Crippen LogP contribution in [0.5, 0.6) is 0 Å². The zero-order valence-corrected chi connectivity index (χ0v) is 13.7. The van der Waals surface area contributed by atoms with Crippen molar-refractivity contribution in [2.24, 2.45) is 5.92 Å². The minimum atomic E-state index is -0.123. The maximum atomic E-state index is 11.9. The predicted octanol–water partition coefficient (Wildman–Crippen LogP) is 2.53. The number of esters is 2. The lowest BCUT2D eigenvalue weighted by atomic mass is 9.94. The Balaban J connectivity index is 1.58. The molecule has 2 atom stereocenters. The molecular weight excluding hydrogens is 282 g/mol. The van der Waals surface area contributed by atoms with Gasteiger partial charge in [0.2, 0.25) is 0 Å². The Morgan fingerprint density at radius 1 is 1.18 bits per heavy atom. The molecule has 2 saturated heterocycles. The number of ether oxygens (including phenoxy) is 2. The minimum Gasteiger partial charge on any atom is -0.469 e. The van der Waals surface area contributed by atoms with Crippen LogP contribution in [0.4, 0.5) is 0 Å². The molecule has 5 nitrogen and oxygen atoms in total. The zero-order valence-electron chi connectivity index (χ0n) is 13.7. The van der Waals surface area contributed by atoms with Crippen LogP contribution in [0.15, 0.2) is 0 Å². The van der Waals surface area contributed by atoms with Crippen LogP contribution in [-0.4, -0.2) is 49.7 Å². The number of cyclic esters (lactones) is 1. The monoisotopic (exact) mass is 311 g/mol. The van der Waals surface area contributed by atoms with Gasteiger partial charge in [0.05, 0.1) is 19.1 Å². The van der Waals surface area contributed by atoms with E-state index in [4.69, 9.17) is 4.74 Å². The van der Waals surface area contributed by atoms with Crippen LogP contribution in [0, 0.1) is 5.92 Å². The van der Waals surface area contributed by atoms with E-state index in [0.29, 0.717) is 19.1 Å². The van der Waals surface area contributed by atoms with E-state index in [0.717, 1.165) is 51.6 Å². The molecule has 0 saturated carbocycles. The Kier molecular flexibility index (Phi) is 7.16. The fourth-order valence-electron chi connectivity index (χ4n) is 3.56. The van der Waals surface area contributed by atoms with Crippen LogP contribution in [0.25, 0.3) is 0 Å². The summed E-state index contributed by atoms with van der Waals surface area (Å²) in [5.74, 6) is -0.0436. The Hall–Kier alpha value is -1.10.